The van der Waals surface area contributed by atoms with Crippen LogP contribution in [-0.2, 0) is 22.4 Å². The molecule has 1 aromatic heterocycles. The predicted octanol–water partition coefficient (Wildman–Crippen LogP) is 2.57. The number of aromatic nitrogens is 2. The van der Waals surface area contributed by atoms with Gasteiger partial charge in [-0.25, -0.2) is 0 Å². The third-order valence-corrected chi connectivity index (χ3v) is 4.85. The molecule has 2 heterocycles. The van der Waals surface area contributed by atoms with E-state index in [0.717, 1.165) is 30.7 Å². The normalized spacial score (nSPS) is 13.3. The molecule has 2 aromatic rings. The van der Waals surface area contributed by atoms with Gasteiger partial charge in [-0.05, 0) is 62.9 Å². The molecule has 1 aliphatic rings. The van der Waals surface area contributed by atoms with Crippen molar-refractivity contribution in [2.24, 2.45) is 0 Å². The zero-order valence-electron chi connectivity index (χ0n) is 19.9. The number of nitrogens with zero attached hydrogens (tertiary/aromatic N) is 3. The fourth-order valence-corrected chi connectivity index (χ4v) is 3.30. The molecule has 0 radical (unpaired) electrons. The Kier molecular flexibility index (Phi) is 9.06. The third-order valence-electron chi connectivity index (χ3n) is 4.85. The summed E-state index contributed by atoms with van der Waals surface area (Å²) in [6, 6.07) is 8.66. The van der Waals surface area contributed by atoms with E-state index in [1.54, 1.807) is 23.3 Å². The van der Waals surface area contributed by atoms with Crippen molar-refractivity contribution in [2.75, 3.05) is 11.9 Å². The van der Waals surface area contributed by atoms with Gasteiger partial charge in [-0.1, -0.05) is 12.1 Å². The summed E-state index contributed by atoms with van der Waals surface area (Å²) in [6.07, 6.45) is -0.884. The number of halogens is 3. The molecule has 194 valence electrons. The third kappa shape index (κ3) is 9.06. The van der Waals surface area contributed by atoms with E-state index < -0.39 is 12.3 Å². The van der Waals surface area contributed by atoms with Gasteiger partial charge in [0.2, 0.25) is 5.91 Å². The predicted molar refractivity (Wildman–Crippen MR) is 125 cm³/mol. The lowest BCUT2D eigenvalue weighted by Crippen LogP contribution is -2.40. The zero-order chi connectivity index (χ0) is 26.1. The van der Waals surface area contributed by atoms with Crippen molar-refractivity contribution in [1.29, 1.82) is 0 Å². The first-order valence-electron chi connectivity index (χ1n) is 11.4. The minimum absolute atomic E-state index is 0.0499. The molecule has 0 fully saturated rings. The van der Waals surface area contributed by atoms with Crippen molar-refractivity contribution in [1.82, 2.24) is 31.5 Å². The van der Waals surface area contributed by atoms with Crippen LogP contribution in [0.2, 0.25) is 0 Å². The van der Waals surface area contributed by atoms with Crippen LogP contribution in [0.1, 0.15) is 37.9 Å². The van der Waals surface area contributed by atoms with Crippen LogP contribution in [0.25, 0.3) is 0 Å². The lowest BCUT2D eigenvalue weighted by molar-refractivity contribution is -0.274. The summed E-state index contributed by atoms with van der Waals surface area (Å²) in [5.74, 6) is -0.758. The highest BCUT2D eigenvalue weighted by atomic mass is 19.4. The molecule has 36 heavy (non-hydrogen) atoms. The van der Waals surface area contributed by atoms with Gasteiger partial charge < -0.3 is 15.4 Å². The van der Waals surface area contributed by atoms with E-state index >= 15 is 0 Å². The molecule has 0 saturated heterocycles. The number of carbonyl (C=O) groups is 2. The molecule has 0 unspecified atom stereocenters. The maximum atomic E-state index is 12.4. The average molecular weight is 508 g/mol. The molecule has 13 heteroatoms. The van der Waals surface area contributed by atoms with E-state index in [-0.39, 0.29) is 29.9 Å². The number of hydrogen-bond acceptors (Lipinski definition) is 8. The van der Waals surface area contributed by atoms with Crippen molar-refractivity contribution in [2.45, 2.75) is 51.9 Å². The van der Waals surface area contributed by atoms with E-state index in [1.165, 1.54) is 12.1 Å². The van der Waals surface area contributed by atoms with Crippen molar-refractivity contribution in [3.8, 4) is 5.75 Å². The van der Waals surface area contributed by atoms with E-state index in [9.17, 15) is 22.8 Å². The van der Waals surface area contributed by atoms with Crippen LogP contribution in [-0.4, -0.2) is 46.0 Å². The summed E-state index contributed by atoms with van der Waals surface area (Å²) in [5.41, 5.74) is 7.33. The van der Waals surface area contributed by atoms with Crippen molar-refractivity contribution < 1.29 is 27.5 Å². The SMILES string of the molecule is CC(C)NC(=O)C1=CN(CCCCc2ccc(NC(=O)Cc3cccc(OC(F)(F)F)c3)nn2)NN1. The van der Waals surface area contributed by atoms with Gasteiger partial charge in [-0.2, -0.15) is 5.10 Å². The first-order valence-corrected chi connectivity index (χ1v) is 11.4. The molecule has 0 atom stereocenters. The Morgan fingerprint density at radius 3 is 2.64 bits per heavy atom. The molecule has 4 N–H and O–H groups in total. The summed E-state index contributed by atoms with van der Waals surface area (Å²) in [4.78, 5) is 24.2. The van der Waals surface area contributed by atoms with Crippen LogP contribution in [0.4, 0.5) is 19.0 Å². The molecule has 1 aliphatic heterocycles. The van der Waals surface area contributed by atoms with Gasteiger partial charge in [0, 0.05) is 18.8 Å². The fraction of sp³-hybridized carbons (Fsp3) is 0.391. The topological polar surface area (TPSA) is 121 Å². The van der Waals surface area contributed by atoms with Crippen molar-refractivity contribution in [3.63, 3.8) is 0 Å². The quantitative estimate of drug-likeness (QED) is 0.343. The monoisotopic (exact) mass is 507 g/mol. The lowest BCUT2D eigenvalue weighted by Gasteiger charge is -2.14. The Morgan fingerprint density at radius 1 is 1.14 bits per heavy atom. The number of ether oxygens (including phenoxy) is 1. The van der Waals surface area contributed by atoms with Gasteiger partial charge in [0.25, 0.3) is 5.91 Å². The fourth-order valence-electron chi connectivity index (χ4n) is 3.30. The highest BCUT2D eigenvalue weighted by Gasteiger charge is 2.31. The molecule has 2 amide bonds. The lowest BCUT2D eigenvalue weighted by atomic mass is 10.1. The second kappa shape index (κ2) is 12.2. The summed E-state index contributed by atoms with van der Waals surface area (Å²) in [6.45, 7) is 4.47. The number of alkyl halides is 3. The number of carbonyl (C=O) groups excluding carboxylic acids is 2. The van der Waals surface area contributed by atoms with E-state index in [2.05, 4.69) is 36.5 Å². The molecule has 1 aromatic carbocycles. The standard InChI is InChI=1S/C23H28F3N7O3/c1-15(2)27-22(35)19-14-33(32-30-19)11-4-3-7-17-9-10-20(31-29-17)28-21(34)13-16-6-5-8-18(12-16)36-23(24,25)26/h5-6,8-10,12,14-15,30,32H,3-4,7,11,13H2,1-2H3,(H,27,35)(H,28,31,34). The molecule has 0 bridgehead atoms. The number of benzene rings is 1. The van der Waals surface area contributed by atoms with Crippen molar-refractivity contribution in [3.05, 3.63) is 59.6 Å². The Labute approximate surface area is 206 Å². The number of aryl methyl sites for hydroxylation is 1. The number of rotatable bonds is 11. The first kappa shape index (κ1) is 26.7. The highest BCUT2D eigenvalue weighted by Crippen LogP contribution is 2.23. The smallest absolute Gasteiger partial charge is 0.406 e. The first-order chi connectivity index (χ1) is 17.1. The largest absolute Gasteiger partial charge is 0.573 e. The molecular formula is C23H28F3N7O3. The Bertz CT molecular complexity index is 1080. The van der Waals surface area contributed by atoms with Crippen LogP contribution in [0, 0.1) is 0 Å². The second-order valence-electron chi connectivity index (χ2n) is 8.39. The zero-order valence-corrected chi connectivity index (χ0v) is 19.9. The van der Waals surface area contributed by atoms with Gasteiger partial charge >= 0.3 is 6.36 Å². The Morgan fingerprint density at radius 2 is 1.94 bits per heavy atom. The average Bonchev–Trinajstić information content (AvgIpc) is 3.25. The van der Waals surface area contributed by atoms with Crippen molar-refractivity contribution >= 4 is 17.6 Å². The summed E-state index contributed by atoms with van der Waals surface area (Å²) in [5, 5.41) is 15.3. The molecule has 0 spiro atoms. The number of unbranched alkanes of at least 4 members (excludes halogenated alkanes) is 1. The van der Waals surface area contributed by atoms with Crippen LogP contribution >= 0.6 is 0 Å². The van der Waals surface area contributed by atoms with Crippen LogP contribution in [0.15, 0.2) is 48.3 Å². The van der Waals surface area contributed by atoms with Gasteiger partial charge in [0.1, 0.15) is 11.4 Å². The summed E-state index contributed by atoms with van der Waals surface area (Å²) < 4.78 is 40.9. The number of anilines is 1. The number of amides is 2. The minimum atomic E-state index is -4.80. The Balaban J connectivity index is 1.38. The van der Waals surface area contributed by atoms with Gasteiger partial charge in [-0.3, -0.25) is 20.0 Å². The van der Waals surface area contributed by atoms with E-state index in [4.69, 9.17) is 0 Å². The Hall–Kier alpha value is -3.87. The molecule has 10 nitrogen and oxygen atoms in total. The maximum Gasteiger partial charge on any atom is 0.573 e. The van der Waals surface area contributed by atoms with Crippen LogP contribution < -0.4 is 26.3 Å². The molecular weight excluding hydrogens is 479 g/mol. The number of hydrazine groups is 2. The number of hydrogen-bond donors (Lipinski definition) is 4. The minimum Gasteiger partial charge on any atom is -0.406 e. The summed E-state index contributed by atoms with van der Waals surface area (Å²) in [7, 11) is 0. The van der Waals surface area contributed by atoms with Gasteiger partial charge in [-0.15, -0.1) is 23.8 Å². The van der Waals surface area contributed by atoms with E-state index in [0.29, 0.717) is 24.2 Å². The van der Waals surface area contributed by atoms with Gasteiger partial charge in [0.15, 0.2) is 5.82 Å². The number of nitrogens with one attached hydrogen (secondary N) is 4. The van der Waals surface area contributed by atoms with Crippen LogP contribution in [0.3, 0.4) is 0 Å². The molecule has 0 saturated carbocycles. The summed E-state index contributed by atoms with van der Waals surface area (Å²) >= 11 is 0. The highest BCUT2D eigenvalue weighted by molar-refractivity contribution is 5.93. The maximum absolute atomic E-state index is 12.4. The van der Waals surface area contributed by atoms with Crippen LogP contribution in [0.5, 0.6) is 5.75 Å². The second-order valence-corrected chi connectivity index (χ2v) is 8.39. The molecule has 0 aliphatic carbocycles. The van der Waals surface area contributed by atoms with E-state index in [1.807, 2.05) is 13.8 Å². The van der Waals surface area contributed by atoms with Gasteiger partial charge in [0.05, 0.1) is 12.1 Å². The molecule has 3 rings (SSSR count).